The lowest BCUT2D eigenvalue weighted by molar-refractivity contribution is 0.129. The second-order valence-electron chi connectivity index (χ2n) is 5.97. The Bertz CT molecular complexity index is 435. The monoisotopic (exact) mass is 295 g/mol. The van der Waals surface area contributed by atoms with Crippen LogP contribution in [0.3, 0.4) is 0 Å². The second-order valence-corrected chi connectivity index (χ2v) is 6.38. The van der Waals surface area contributed by atoms with E-state index in [2.05, 4.69) is 32.2 Å². The summed E-state index contributed by atoms with van der Waals surface area (Å²) in [6, 6.07) is 6.37. The van der Waals surface area contributed by atoms with Crippen molar-refractivity contribution in [2.24, 2.45) is 5.92 Å². The molecular formula is C17H26ClNO. The van der Waals surface area contributed by atoms with Crippen molar-refractivity contribution >= 4 is 11.6 Å². The average molecular weight is 296 g/mol. The van der Waals surface area contributed by atoms with Crippen molar-refractivity contribution < 1.29 is 4.74 Å². The maximum Gasteiger partial charge on any atom is 0.121 e. The molecule has 2 rings (SSSR count). The molecule has 112 valence electrons. The Morgan fingerprint density at radius 1 is 1.40 bits per heavy atom. The van der Waals surface area contributed by atoms with Crippen molar-refractivity contribution in [3.05, 3.63) is 28.8 Å². The van der Waals surface area contributed by atoms with Gasteiger partial charge < -0.3 is 10.1 Å². The molecule has 0 saturated heterocycles. The highest BCUT2D eigenvalue weighted by molar-refractivity contribution is 6.31. The molecule has 1 aliphatic carbocycles. The molecule has 3 heteroatoms. The standard InChI is InChI=1S/C17H26ClNO/c1-4-19-13(3)16-9-8-15(11-17(16)18)20-14-7-5-6-12(2)10-14/h8-9,11-14,19H,4-7,10H2,1-3H3. The summed E-state index contributed by atoms with van der Waals surface area (Å²) < 4.78 is 6.10. The molecule has 0 amide bonds. The first kappa shape index (κ1) is 15.7. The molecular weight excluding hydrogens is 270 g/mol. The van der Waals surface area contributed by atoms with Gasteiger partial charge in [0.05, 0.1) is 6.10 Å². The summed E-state index contributed by atoms with van der Waals surface area (Å²) in [6.07, 6.45) is 5.28. The third-order valence-corrected chi connectivity index (χ3v) is 4.47. The summed E-state index contributed by atoms with van der Waals surface area (Å²) in [5.74, 6) is 1.68. The SMILES string of the molecule is CCNC(C)c1ccc(OC2CCCC(C)C2)cc1Cl. The van der Waals surface area contributed by atoms with E-state index in [0.717, 1.165) is 41.6 Å². The zero-order valence-corrected chi connectivity index (χ0v) is 13.5. The normalized spacial score (nSPS) is 24.4. The molecule has 0 aromatic heterocycles. The summed E-state index contributed by atoms with van der Waals surface area (Å²) >= 11 is 6.39. The predicted molar refractivity (Wildman–Crippen MR) is 85.6 cm³/mol. The van der Waals surface area contributed by atoms with Crippen LogP contribution in [0.25, 0.3) is 0 Å². The summed E-state index contributed by atoms with van der Waals surface area (Å²) in [6.45, 7) is 7.49. The first-order chi connectivity index (χ1) is 9.60. The number of hydrogen-bond acceptors (Lipinski definition) is 2. The fourth-order valence-electron chi connectivity index (χ4n) is 3.03. The maximum atomic E-state index is 6.39. The minimum absolute atomic E-state index is 0.274. The molecule has 2 nitrogen and oxygen atoms in total. The minimum Gasteiger partial charge on any atom is -0.490 e. The Balaban J connectivity index is 2.01. The van der Waals surface area contributed by atoms with E-state index >= 15 is 0 Å². The van der Waals surface area contributed by atoms with Crippen LogP contribution in [0, 0.1) is 5.92 Å². The van der Waals surface area contributed by atoms with Crippen molar-refractivity contribution in [1.29, 1.82) is 0 Å². The largest absolute Gasteiger partial charge is 0.490 e. The number of nitrogens with one attached hydrogen (secondary N) is 1. The van der Waals surface area contributed by atoms with E-state index in [4.69, 9.17) is 16.3 Å². The molecule has 1 N–H and O–H groups in total. The van der Waals surface area contributed by atoms with Crippen LogP contribution >= 0.6 is 11.6 Å². The van der Waals surface area contributed by atoms with E-state index in [1.807, 2.05) is 12.1 Å². The van der Waals surface area contributed by atoms with Gasteiger partial charge in [-0.2, -0.15) is 0 Å². The minimum atomic E-state index is 0.274. The smallest absolute Gasteiger partial charge is 0.121 e. The van der Waals surface area contributed by atoms with E-state index in [9.17, 15) is 0 Å². The van der Waals surface area contributed by atoms with Gasteiger partial charge in [0.2, 0.25) is 0 Å². The van der Waals surface area contributed by atoms with Crippen molar-refractivity contribution in [2.45, 2.75) is 58.6 Å². The van der Waals surface area contributed by atoms with Gasteiger partial charge >= 0.3 is 0 Å². The van der Waals surface area contributed by atoms with Crippen LogP contribution < -0.4 is 10.1 Å². The maximum absolute atomic E-state index is 6.39. The molecule has 0 bridgehead atoms. The quantitative estimate of drug-likeness (QED) is 0.828. The van der Waals surface area contributed by atoms with Crippen LogP contribution in [0.4, 0.5) is 0 Å². The Hall–Kier alpha value is -0.730. The third kappa shape index (κ3) is 4.13. The fraction of sp³-hybridized carbons (Fsp3) is 0.647. The lowest BCUT2D eigenvalue weighted by Crippen LogP contribution is -2.24. The van der Waals surface area contributed by atoms with Crippen molar-refractivity contribution in [2.75, 3.05) is 6.54 Å². The zero-order valence-electron chi connectivity index (χ0n) is 12.8. The molecule has 1 aromatic carbocycles. The van der Waals surface area contributed by atoms with E-state index in [1.54, 1.807) is 0 Å². The second kappa shape index (κ2) is 7.33. The number of ether oxygens (including phenoxy) is 1. The molecule has 1 aliphatic rings. The van der Waals surface area contributed by atoms with Crippen molar-refractivity contribution in [1.82, 2.24) is 5.32 Å². The molecule has 1 saturated carbocycles. The highest BCUT2D eigenvalue weighted by Crippen LogP contribution is 2.31. The van der Waals surface area contributed by atoms with Crippen molar-refractivity contribution in [3.8, 4) is 5.75 Å². The molecule has 0 radical (unpaired) electrons. The van der Waals surface area contributed by atoms with Crippen LogP contribution in [-0.2, 0) is 0 Å². The molecule has 20 heavy (non-hydrogen) atoms. The van der Waals surface area contributed by atoms with Crippen LogP contribution in [0.2, 0.25) is 5.02 Å². The molecule has 3 unspecified atom stereocenters. The Morgan fingerprint density at radius 3 is 2.85 bits per heavy atom. The topological polar surface area (TPSA) is 21.3 Å². The predicted octanol–water partition coefficient (Wildman–Crippen LogP) is 4.97. The van der Waals surface area contributed by atoms with E-state index < -0.39 is 0 Å². The molecule has 0 heterocycles. The van der Waals surface area contributed by atoms with E-state index in [0.29, 0.717) is 6.10 Å². The molecule has 0 spiro atoms. The lowest BCUT2D eigenvalue weighted by Gasteiger charge is -2.27. The van der Waals surface area contributed by atoms with Gasteiger partial charge in [-0.05, 0) is 56.3 Å². The fourth-order valence-corrected chi connectivity index (χ4v) is 3.36. The van der Waals surface area contributed by atoms with E-state index in [-0.39, 0.29) is 6.04 Å². The van der Waals surface area contributed by atoms with Gasteiger partial charge in [0.25, 0.3) is 0 Å². The number of hydrogen-bond donors (Lipinski definition) is 1. The Labute approximate surface area is 127 Å². The number of halogens is 1. The Morgan fingerprint density at radius 2 is 2.20 bits per heavy atom. The van der Waals surface area contributed by atoms with Gasteiger partial charge in [0.15, 0.2) is 0 Å². The van der Waals surface area contributed by atoms with Gasteiger partial charge in [-0.25, -0.2) is 0 Å². The van der Waals surface area contributed by atoms with Crippen LogP contribution in [0.15, 0.2) is 18.2 Å². The molecule has 1 fully saturated rings. The van der Waals surface area contributed by atoms with E-state index in [1.165, 1.54) is 12.8 Å². The summed E-state index contributed by atoms with van der Waals surface area (Å²) in [7, 11) is 0. The van der Waals surface area contributed by atoms with Crippen molar-refractivity contribution in [3.63, 3.8) is 0 Å². The third-order valence-electron chi connectivity index (χ3n) is 4.14. The average Bonchev–Trinajstić information content (AvgIpc) is 2.39. The first-order valence-corrected chi connectivity index (χ1v) is 8.17. The van der Waals surface area contributed by atoms with Crippen LogP contribution in [-0.4, -0.2) is 12.6 Å². The highest BCUT2D eigenvalue weighted by Gasteiger charge is 2.20. The summed E-state index contributed by atoms with van der Waals surface area (Å²) in [4.78, 5) is 0. The number of rotatable bonds is 5. The highest BCUT2D eigenvalue weighted by atomic mass is 35.5. The first-order valence-electron chi connectivity index (χ1n) is 7.79. The van der Waals surface area contributed by atoms with Gasteiger partial charge in [0, 0.05) is 11.1 Å². The summed E-state index contributed by atoms with van der Waals surface area (Å²) in [5, 5.41) is 4.18. The van der Waals surface area contributed by atoms with Crippen LogP contribution in [0.1, 0.15) is 58.1 Å². The molecule has 1 aromatic rings. The Kier molecular flexibility index (Phi) is 5.74. The van der Waals surface area contributed by atoms with Gasteiger partial charge in [-0.15, -0.1) is 0 Å². The van der Waals surface area contributed by atoms with Gasteiger partial charge in [0.1, 0.15) is 5.75 Å². The summed E-state index contributed by atoms with van der Waals surface area (Å²) in [5.41, 5.74) is 1.14. The van der Waals surface area contributed by atoms with Crippen LogP contribution in [0.5, 0.6) is 5.75 Å². The van der Waals surface area contributed by atoms with Gasteiger partial charge in [-0.3, -0.25) is 0 Å². The number of benzene rings is 1. The molecule has 0 aliphatic heterocycles. The van der Waals surface area contributed by atoms with Gasteiger partial charge in [-0.1, -0.05) is 37.9 Å². The molecule has 3 atom stereocenters. The lowest BCUT2D eigenvalue weighted by atomic mass is 9.89. The zero-order chi connectivity index (χ0) is 14.5.